The smallest absolute Gasteiger partial charge is 0.239 e. The van der Waals surface area contributed by atoms with Crippen molar-refractivity contribution in [2.45, 2.75) is 32.1 Å². The number of hydrogen-bond donors (Lipinski definition) is 2. The number of aliphatic hydroxyl groups excluding tert-OH is 1. The minimum Gasteiger partial charge on any atom is -0.395 e. The normalized spacial score (nSPS) is 14.0. The van der Waals surface area contributed by atoms with Crippen LogP contribution in [0.3, 0.4) is 0 Å². The summed E-state index contributed by atoms with van der Waals surface area (Å²) < 4.78 is 1.81. The van der Waals surface area contributed by atoms with Gasteiger partial charge in [0.2, 0.25) is 5.91 Å². The Labute approximate surface area is 148 Å². The van der Waals surface area contributed by atoms with Gasteiger partial charge in [0.05, 0.1) is 24.5 Å². The molecule has 0 radical (unpaired) electrons. The molecule has 1 amide bonds. The van der Waals surface area contributed by atoms with E-state index in [9.17, 15) is 4.79 Å². The van der Waals surface area contributed by atoms with Crippen LogP contribution in [0.1, 0.15) is 37.8 Å². The van der Waals surface area contributed by atoms with Crippen LogP contribution in [0.4, 0.5) is 5.82 Å². The van der Waals surface area contributed by atoms with E-state index in [1.165, 1.54) is 12.8 Å². The Kier molecular flexibility index (Phi) is 5.83. The highest BCUT2D eigenvalue weighted by molar-refractivity contribution is 5.91. The van der Waals surface area contributed by atoms with Crippen LogP contribution in [0.2, 0.25) is 0 Å². The van der Waals surface area contributed by atoms with Gasteiger partial charge >= 0.3 is 0 Å². The van der Waals surface area contributed by atoms with E-state index in [4.69, 9.17) is 10.2 Å². The molecule has 6 nitrogen and oxygen atoms in total. The average molecular weight is 342 g/mol. The molecule has 2 N–H and O–H groups in total. The van der Waals surface area contributed by atoms with Gasteiger partial charge in [-0.15, -0.1) is 0 Å². The van der Waals surface area contributed by atoms with Gasteiger partial charge in [0.1, 0.15) is 5.82 Å². The maximum atomic E-state index is 12.5. The molecule has 0 bridgehead atoms. The Bertz CT molecular complexity index is 689. The van der Waals surface area contributed by atoms with E-state index < -0.39 is 0 Å². The third-order valence-corrected chi connectivity index (χ3v) is 4.32. The first kappa shape index (κ1) is 17.6. The predicted octanol–water partition coefficient (Wildman–Crippen LogP) is 2.39. The zero-order chi connectivity index (χ0) is 17.6. The Morgan fingerprint density at radius 1 is 1.32 bits per heavy atom. The molecule has 0 unspecified atom stereocenters. The summed E-state index contributed by atoms with van der Waals surface area (Å²) >= 11 is 0. The van der Waals surface area contributed by atoms with Crippen molar-refractivity contribution < 1.29 is 9.90 Å². The quantitative estimate of drug-likeness (QED) is 0.734. The molecule has 1 aromatic heterocycles. The molecule has 0 atom stereocenters. The Morgan fingerprint density at radius 2 is 2.08 bits per heavy atom. The van der Waals surface area contributed by atoms with E-state index in [1.54, 1.807) is 0 Å². The summed E-state index contributed by atoms with van der Waals surface area (Å²) in [6, 6.07) is 11.8. The number of rotatable bonds is 9. The summed E-state index contributed by atoms with van der Waals surface area (Å²) in [5, 5.41) is 16.8. The van der Waals surface area contributed by atoms with Crippen LogP contribution >= 0.6 is 0 Å². The molecular weight excluding hydrogens is 316 g/mol. The zero-order valence-electron chi connectivity index (χ0n) is 14.7. The molecule has 2 aromatic rings. The van der Waals surface area contributed by atoms with Gasteiger partial charge < -0.3 is 10.4 Å². The largest absolute Gasteiger partial charge is 0.395 e. The molecule has 1 aliphatic rings. The summed E-state index contributed by atoms with van der Waals surface area (Å²) in [4.78, 5) is 14.4. The van der Waals surface area contributed by atoms with Crippen LogP contribution in [0, 0.1) is 0 Å². The van der Waals surface area contributed by atoms with Gasteiger partial charge in [-0.05, 0) is 37.9 Å². The lowest BCUT2D eigenvalue weighted by Crippen LogP contribution is -2.36. The first-order valence-electron chi connectivity index (χ1n) is 8.99. The number of benzene rings is 1. The van der Waals surface area contributed by atoms with Crippen LogP contribution in [0.25, 0.3) is 5.69 Å². The summed E-state index contributed by atoms with van der Waals surface area (Å²) in [5.41, 5.74) is 1.98. The van der Waals surface area contributed by atoms with Crippen molar-refractivity contribution in [3.05, 3.63) is 42.1 Å². The standard InChI is InChI=1S/C19H26N4O2/c1-2-10-22(11-12-24)14-19(25)20-18-13-17(15-8-9-15)21-23(18)16-6-4-3-5-7-16/h3-7,13,15,24H,2,8-12,14H2,1H3,(H,20,25). The third-order valence-electron chi connectivity index (χ3n) is 4.32. The van der Waals surface area contributed by atoms with E-state index in [0.717, 1.165) is 24.3 Å². The first-order chi connectivity index (χ1) is 12.2. The van der Waals surface area contributed by atoms with Crippen molar-refractivity contribution in [2.24, 2.45) is 0 Å². The topological polar surface area (TPSA) is 70.4 Å². The molecule has 1 fully saturated rings. The number of aliphatic hydroxyl groups is 1. The molecular formula is C19H26N4O2. The number of carbonyl (C=O) groups is 1. The molecule has 1 heterocycles. The van der Waals surface area contributed by atoms with Crippen molar-refractivity contribution in [3.63, 3.8) is 0 Å². The van der Waals surface area contributed by atoms with E-state index in [0.29, 0.717) is 18.3 Å². The number of amides is 1. The second kappa shape index (κ2) is 8.27. The zero-order valence-corrected chi connectivity index (χ0v) is 14.7. The fraction of sp³-hybridized carbons (Fsp3) is 0.474. The van der Waals surface area contributed by atoms with Crippen molar-refractivity contribution in [1.82, 2.24) is 14.7 Å². The van der Waals surface area contributed by atoms with Crippen LogP contribution in [-0.2, 0) is 4.79 Å². The van der Waals surface area contributed by atoms with Gasteiger partial charge in [-0.2, -0.15) is 5.10 Å². The highest BCUT2D eigenvalue weighted by atomic mass is 16.3. The number of hydrogen-bond acceptors (Lipinski definition) is 4. The van der Waals surface area contributed by atoms with Crippen LogP contribution in [-0.4, -0.2) is 51.9 Å². The monoisotopic (exact) mass is 342 g/mol. The highest BCUT2D eigenvalue weighted by Gasteiger charge is 2.28. The average Bonchev–Trinajstić information content (AvgIpc) is 3.37. The lowest BCUT2D eigenvalue weighted by molar-refractivity contribution is -0.117. The minimum atomic E-state index is -0.0821. The Balaban J connectivity index is 1.75. The molecule has 0 aliphatic heterocycles. The van der Waals surface area contributed by atoms with Crippen LogP contribution in [0.5, 0.6) is 0 Å². The van der Waals surface area contributed by atoms with Gasteiger partial charge in [-0.25, -0.2) is 4.68 Å². The molecule has 25 heavy (non-hydrogen) atoms. The Hall–Kier alpha value is -2.18. The lowest BCUT2D eigenvalue weighted by Gasteiger charge is -2.19. The molecule has 134 valence electrons. The molecule has 0 spiro atoms. The van der Waals surface area contributed by atoms with Crippen molar-refractivity contribution in [3.8, 4) is 5.69 Å². The number of anilines is 1. The molecule has 3 rings (SSSR count). The molecule has 1 aromatic carbocycles. The van der Waals surface area contributed by atoms with Gasteiger partial charge in [-0.1, -0.05) is 25.1 Å². The maximum absolute atomic E-state index is 12.5. The van der Waals surface area contributed by atoms with Crippen molar-refractivity contribution in [1.29, 1.82) is 0 Å². The summed E-state index contributed by atoms with van der Waals surface area (Å²) in [6.45, 7) is 3.69. The van der Waals surface area contributed by atoms with E-state index in [2.05, 4.69) is 12.2 Å². The second-order valence-corrected chi connectivity index (χ2v) is 6.52. The van der Waals surface area contributed by atoms with Crippen LogP contribution in [0.15, 0.2) is 36.4 Å². The van der Waals surface area contributed by atoms with Gasteiger partial charge in [-0.3, -0.25) is 9.69 Å². The second-order valence-electron chi connectivity index (χ2n) is 6.52. The number of nitrogens with zero attached hydrogens (tertiary/aromatic N) is 3. The fourth-order valence-corrected chi connectivity index (χ4v) is 2.95. The van der Waals surface area contributed by atoms with E-state index in [-0.39, 0.29) is 19.1 Å². The van der Waals surface area contributed by atoms with Crippen LogP contribution < -0.4 is 5.32 Å². The SMILES string of the molecule is CCCN(CCO)CC(=O)Nc1cc(C2CC2)nn1-c1ccccc1. The summed E-state index contributed by atoms with van der Waals surface area (Å²) in [5.74, 6) is 1.14. The fourth-order valence-electron chi connectivity index (χ4n) is 2.95. The number of carbonyl (C=O) groups excluding carboxylic acids is 1. The summed E-state index contributed by atoms with van der Waals surface area (Å²) in [6.07, 6.45) is 3.28. The lowest BCUT2D eigenvalue weighted by atomic mass is 10.3. The number of aromatic nitrogens is 2. The van der Waals surface area contributed by atoms with E-state index >= 15 is 0 Å². The van der Waals surface area contributed by atoms with Crippen molar-refractivity contribution in [2.75, 3.05) is 31.6 Å². The maximum Gasteiger partial charge on any atom is 0.239 e. The number of nitrogens with one attached hydrogen (secondary N) is 1. The number of para-hydroxylation sites is 1. The molecule has 0 saturated heterocycles. The minimum absolute atomic E-state index is 0.0566. The molecule has 1 saturated carbocycles. The Morgan fingerprint density at radius 3 is 2.72 bits per heavy atom. The third kappa shape index (κ3) is 4.67. The molecule has 1 aliphatic carbocycles. The summed E-state index contributed by atoms with van der Waals surface area (Å²) in [7, 11) is 0. The van der Waals surface area contributed by atoms with Gasteiger partial charge in [0, 0.05) is 18.5 Å². The molecule has 6 heteroatoms. The first-order valence-corrected chi connectivity index (χ1v) is 8.99. The van der Waals surface area contributed by atoms with Gasteiger partial charge in [0.25, 0.3) is 0 Å². The predicted molar refractivity (Wildman–Crippen MR) is 98.0 cm³/mol. The van der Waals surface area contributed by atoms with Crippen molar-refractivity contribution >= 4 is 11.7 Å². The van der Waals surface area contributed by atoms with E-state index in [1.807, 2.05) is 46.0 Å². The highest BCUT2D eigenvalue weighted by Crippen LogP contribution is 2.40. The van der Waals surface area contributed by atoms with Gasteiger partial charge in [0.15, 0.2) is 0 Å².